The molecule has 5 heterocycles. The van der Waals surface area contributed by atoms with E-state index in [0.717, 1.165) is 11.3 Å². The molecular formula is C27H23F3N6O7S3. The van der Waals surface area contributed by atoms with Gasteiger partial charge < -0.3 is 30.9 Å². The predicted octanol–water partition coefficient (Wildman–Crippen LogP) is 1.43. The Morgan fingerprint density at radius 1 is 1.30 bits per heavy atom. The number of thiazole rings is 1. The Bertz CT molecular complexity index is 1780. The van der Waals surface area contributed by atoms with Gasteiger partial charge in [-0.25, -0.2) is 9.78 Å². The van der Waals surface area contributed by atoms with Crippen LogP contribution in [0.2, 0.25) is 0 Å². The van der Waals surface area contributed by atoms with Crippen molar-refractivity contribution in [2.24, 2.45) is 5.16 Å². The van der Waals surface area contributed by atoms with E-state index in [9.17, 15) is 32.7 Å². The first-order valence-electron chi connectivity index (χ1n) is 12.9. The van der Waals surface area contributed by atoms with Crippen LogP contribution in [0.25, 0.3) is 10.2 Å². The van der Waals surface area contributed by atoms with Crippen molar-refractivity contribution in [3.8, 4) is 0 Å². The molecule has 0 radical (unpaired) electrons. The standard InChI is InChI=1S/C25H22N6O5S3.C2HF3O2/c1-36-29-18(15-12-39-25(26)27-15)21(32)28-19-16-13-38-17(20(24(34)35)31(16)22(19)33)7-3-2-4-9-30-10-5-6-14-8-11-37-23(14)30;3-2(4,5)1(6)7/h2-8,10-12,16,19H,9,13H2,1H3,(H3-,26,27,28,32,34,35);(H,6,7)/b4-2+,7-3+,29-18+;/t16-,19+;/m1./s1. The van der Waals surface area contributed by atoms with E-state index in [1.807, 2.05) is 24.4 Å². The summed E-state index contributed by atoms with van der Waals surface area (Å²) in [5, 5.41) is 30.1. The number of alkyl halides is 3. The van der Waals surface area contributed by atoms with Gasteiger partial charge in [0.25, 0.3) is 16.6 Å². The van der Waals surface area contributed by atoms with Crippen LogP contribution in [-0.2, 0) is 30.6 Å². The number of β-lactam (4-membered cyclic amide) rings is 1. The number of nitrogens with zero attached hydrogens (tertiary/aromatic N) is 4. The van der Waals surface area contributed by atoms with Crippen LogP contribution in [0.1, 0.15) is 5.69 Å². The largest absolute Gasteiger partial charge is 0.542 e. The van der Waals surface area contributed by atoms with Crippen molar-refractivity contribution in [3.05, 3.63) is 75.8 Å². The molecule has 2 atom stereocenters. The molecule has 2 aliphatic rings. The average molecular weight is 697 g/mol. The van der Waals surface area contributed by atoms with E-state index in [0.29, 0.717) is 17.2 Å². The molecule has 0 unspecified atom stereocenters. The Morgan fingerprint density at radius 3 is 2.67 bits per heavy atom. The van der Waals surface area contributed by atoms with Crippen LogP contribution >= 0.6 is 34.4 Å². The first kappa shape index (κ1) is 34.1. The number of halogens is 3. The maximum atomic E-state index is 13.0. The van der Waals surface area contributed by atoms with Crippen molar-refractivity contribution in [3.63, 3.8) is 0 Å². The third-order valence-corrected chi connectivity index (χ3v) is 9.05. The number of aliphatic carboxylic acids is 2. The van der Waals surface area contributed by atoms with E-state index >= 15 is 0 Å². The zero-order chi connectivity index (χ0) is 33.6. The van der Waals surface area contributed by atoms with Gasteiger partial charge in [0, 0.05) is 22.1 Å². The minimum Gasteiger partial charge on any atom is -0.542 e. The lowest BCUT2D eigenvalue weighted by atomic mass is 9.94. The monoisotopic (exact) mass is 696 g/mol. The summed E-state index contributed by atoms with van der Waals surface area (Å²) in [6.45, 7) is 0.663. The molecule has 0 spiro atoms. The number of pyridine rings is 1. The van der Waals surface area contributed by atoms with Crippen LogP contribution in [0, 0.1) is 0 Å². The average Bonchev–Trinajstić information content (AvgIpc) is 3.67. The Kier molecular flexibility index (Phi) is 10.8. The molecule has 0 bridgehead atoms. The van der Waals surface area contributed by atoms with Gasteiger partial charge in [-0.05, 0) is 29.7 Å². The number of carboxylic acids is 2. The highest BCUT2D eigenvalue weighted by Crippen LogP contribution is 2.39. The number of aromatic nitrogens is 2. The summed E-state index contributed by atoms with van der Waals surface area (Å²) < 4.78 is 33.7. The zero-order valence-electron chi connectivity index (χ0n) is 23.5. The van der Waals surface area contributed by atoms with E-state index in [2.05, 4.69) is 37.5 Å². The highest BCUT2D eigenvalue weighted by Gasteiger charge is 2.54. The van der Waals surface area contributed by atoms with E-state index in [1.165, 1.54) is 34.0 Å². The van der Waals surface area contributed by atoms with Crippen LogP contribution in [0.15, 0.2) is 75.2 Å². The number of carbonyl (C=O) groups is 4. The van der Waals surface area contributed by atoms with E-state index in [-0.39, 0.29) is 22.2 Å². The molecule has 3 aromatic heterocycles. The van der Waals surface area contributed by atoms with Gasteiger partial charge in [-0.1, -0.05) is 28.6 Å². The Balaban J connectivity index is 0.000000617. The first-order valence-corrected chi connectivity index (χ1v) is 15.6. The lowest BCUT2D eigenvalue weighted by Gasteiger charge is -2.49. The number of allylic oxidation sites excluding steroid dienone is 4. The fourth-order valence-electron chi connectivity index (χ4n) is 4.28. The molecule has 0 aliphatic carbocycles. The summed E-state index contributed by atoms with van der Waals surface area (Å²) in [4.78, 5) is 58.5. The summed E-state index contributed by atoms with van der Waals surface area (Å²) in [5.74, 6) is -4.99. The van der Waals surface area contributed by atoms with E-state index in [4.69, 9.17) is 20.5 Å². The molecule has 5 rings (SSSR count). The summed E-state index contributed by atoms with van der Waals surface area (Å²) >= 11 is 4.12. The number of nitrogens with one attached hydrogen (secondary N) is 1. The number of hydrogen-bond acceptors (Lipinski definition) is 12. The van der Waals surface area contributed by atoms with Crippen LogP contribution in [0.3, 0.4) is 0 Å². The quantitative estimate of drug-likeness (QED) is 0.0970. The third-order valence-electron chi connectivity index (χ3n) is 6.26. The fourth-order valence-corrected chi connectivity index (χ4v) is 6.90. The lowest BCUT2D eigenvalue weighted by molar-refractivity contribution is -0.658. The van der Waals surface area contributed by atoms with Gasteiger partial charge in [0.05, 0.1) is 11.4 Å². The van der Waals surface area contributed by atoms with Gasteiger partial charge in [-0.2, -0.15) is 17.7 Å². The topological polar surface area (TPSA) is 191 Å². The van der Waals surface area contributed by atoms with Crippen molar-refractivity contribution < 1.29 is 52.0 Å². The molecule has 19 heteroatoms. The Morgan fingerprint density at radius 2 is 2.04 bits per heavy atom. The molecule has 1 saturated heterocycles. The number of carboxylic acid groups (broad SMARTS) is 2. The molecular weight excluding hydrogens is 674 g/mol. The molecule has 13 nitrogen and oxygen atoms in total. The maximum Gasteiger partial charge on any atom is 0.430 e. The van der Waals surface area contributed by atoms with Crippen molar-refractivity contribution in [1.82, 2.24) is 15.2 Å². The zero-order valence-corrected chi connectivity index (χ0v) is 25.9. The number of fused-ring (bicyclic) bond motifs is 2. The molecule has 242 valence electrons. The van der Waals surface area contributed by atoms with Gasteiger partial charge in [0.2, 0.25) is 0 Å². The predicted molar refractivity (Wildman–Crippen MR) is 161 cm³/mol. The number of thiophene rings is 1. The summed E-state index contributed by atoms with van der Waals surface area (Å²) in [6, 6.07) is 4.72. The van der Waals surface area contributed by atoms with Crippen LogP contribution in [-0.4, -0.2) is 75.6 Å². The summed E-state index contributed by atoms with van der Waals surface area (Å²) in [5.41, 5.74) is 5.64. The second-order valence-corrected chi connectivity index (χ2v) is 12.0. The molecule has 1 fully saturated rings. The minimum absolute atomic E-state index is 0.104. The van der Waals surface area contributed by atoms with Gasteiger partial charge in [0.15, 0.2) is 23.6 Å². The molecule has 0 aromatic carbocycles. The van der Waals surface area contributed by atoms with Gasteiger partial charge >= 0.3 is 12.1 Å². The Hall–Kier alpha value is -4.75. The number of anilines is 1. The summed E-state index contributed by atoms with van der Waals surface area (Å²) in [7, 11) is 1.29. The molecule has 0 saturated carbocycles. The number of thioether (sulfide) groups is 1. The highest BCUT2D eigenvalue weighted by atomic mass is 32.2. The van der Waals surface area contributed by atoms with Gasteiger partial charge in [-0.15, -0.1) is 23.1 Å². The SMILES string of the molecule is CO/N=C(/C(=O)N[C@@H]1C(=O)N2C(C(=O)O)=C(/C=C/C=C/C[n+]3cccc4ccsc43)SC[C@H]12)c1csc(N)n1.O=C([O-])C(F)(F)F. The smallest absolute Gasteiger partial charge is 0.430 e. The van der Waals surface area contributed by atoms with Gasteiger partial charge in [0.1, 0.15) is 30.5 Å². The number of nitrogens with two attached hydrogens (primary N) is 1. The van der Waals surface area contributed by atoms with Crippen LogP contribution < -0.4 is 20.7 Å². The fraction of sp³-hybridized carbons (Fsp3) is 0.222. The minimum atomic E-state index is -5.19. The third kappa shape index (κ3) is 7.72. The number of rotatable bonds is 9. The number of carbonyl (C=O) groups excluding carboxylic acids is 3. The number of amides is 2. The molecule has 2 aliphatic heterocycles. The highest BCUT2D eigenvalue weighted by molar-refractivity contribution is 8.03. The van der Waals surface area contributed by atoms with E-state index < -0.39 is 42.0 Å². The lowest BCUT2D eigenvalue weighted by Crippen LogP contribution is -2.72. The number of oxime groups is 1. The van der Waals surface area contributed by atoms with E-state index in [1.54, 1.807) is 28.9 Å². The van der Waals surface area contributed by atoms with Crippen molar-refractivity contribution >= 4 is 79.2 Å². The first-order chi connectivity index (χ1) is 21.8. The number of hydrogen-bond donors (Lipinski definition) is 3. The summed E-state index contributed by atoms with van der Waals surface area (Å²) in [6.07, 6.45) is 4.09. The van der Waals surface area contributed by atoms with Crippen molar-refractivity contribution in [2.75, 3.05) is 18.6 Å². The maximum absolute atomic E-state index is 13.0. The second kappa shape index (κ2) is 14.6. The Labute approximate surface area is 270 Å². The second-order valence-electron chi connectivity index (χ2n) is 9.16. The van der Waals surface area contributed by atoms with Crippen LogP contribution in [0.5, 0.6) is 0 Å². The molecule has 3 aromatic rings. The normalized spacial score (nSPS) is 18.3. The molecule has 4 N–H and O–H groups in total. The van der Waals surface area contributed by atoms with Gasteiger partial charge in [-0.3, -0.25) is 14.5 Å². The van der Waals surface area contributed by atoms with Crippen LogP contribution in [0.4, 0.5) is 18.3 Å². The van der Waals surface area contributed by atoms with Crippen molar-refractivity contribution in [1.29, 1.82) is 0 Å². The molecule has 2 amide bonds. The van der Waals surface area contributed by atoms with Crippen molar-refractivity contribution in [2.45, 2.75) is 24.8 Å². The molecule has 46 heavy (non-hydrogen) atoms. The number of nitrogen functional groups attached to an aromatic ring is 1.